The smallest absolute Gasteiger partial charge is 0.356 e. The van der Waals surface area contributed by atoms with Gasteiger partial charge >= 0.3 is 5.97 Å². The Kier molecular flexibility index (Phi) is 2.99. The monoisotopic (exact) mass is 234 g/mol. The molecule has 0 unspecified atom stereocenters. The predicted molar refractivity (Wildman–Crippen MR) is 57.6 cm³/mol. The minimum Gasteiger partial charge on any atom is -0.476 e. The van der Waals surface area contributed by atoms with E-state index in [1.165, 1.54) is 12.4 Å². The molecule has 2 N–H and O–H groups in total. The van der Waals surface area contributed by atoms with Gasteiger partial charge in [0.15, 0.2) is 11.5 Å². The van der Waals surface area contributed by atoms with Gasteiger partial charge in [-0.3, -0.25) is 0 Å². The van der Waals surface area contributed by atoms with Crippen molar-refractivity contribution in [2.75, 3.05) is 5.32 Å². The molecule has 0 bridgehead atoms. The second-order valence-electron chi connectivity index (χ2n) is 3.38. The Morgan fingerprint density at radius 2 is 2.29 bits per heavy atom. The molecule has 0 spiro atoms. The van der Waals surface area contributed by atoms with E-state index in [0.717, 1.165) is 5.69 Å². The van der Waals surface area contributed by atoms with E-state index in [9.17, 15) is 4.79 Å². The zero-order valence-corrected chi connectivity index (χ0v) is 9.04. The maximum atomic E-state index is 10.5. The Bertz CT molecular complexity index is 521. The summed E-state index contributed by atoms with van der Waals surface area (Å²) in [6.45, 7) is 2.25. The molecule has 2 aromatic heterocycles. The van der Waals surface area contributed by atoms with E-state index in [1.54, 1.807) is 6.07 Å². The van der Waals surface area contributed by atoms with E-state index in [1.807, 2.05) is 6.92 Å². The van der Waals surface area contributed by atoms with E-state index in [-0.39, 0.29) is 5.69 Å². The van der Waals surface area contributed by atoms with Gasteiger partial charge in [0, 0.05) is 6.07 Å². The largest absolute Gasteiger partial charge is 0.476 e. The predicted octanol–water partition coefficient (Wildman–Crippen LogP) is 1.08. The molecular formula is C10H10N4O3. The number of aryl methyl sites for hydroxylation is 1. The summed E-state index contributed by atoms with van der Waals surface area (Å²) in [4.78, 5) is 18.2. The molecule has 0 saturated carbocycles. The molecule has 0 atom stereocenters. The molecule has 2 heterocycles. The van der Waals surface area contributed by atoms with Crippen molar-refractivity contribution >= 4 is 11.8 Å². The number of anilines is 1. The highest BCUT2D eigenvalue weighted by atomic mass is 16.5. The van der Waals surface area contributed by atoms with Gasteiger partial charge in [-0.25, -0.2) is 14.8 Å². The summed E-state index contributed by atoms with van der Waals surface area (Å²) in [6.07, 6.45) is 2.54. The van der Waals surface area contributed by atoms with Crippen LogP contribution in [0.25, 0.3) is 0 Å². The number of aromatic carboxylic acids is 1. The molecule has 0 fully saturated rings. The van der Waals surface area contributed by atoms with Crippen molar-refractivity contribution in [3.8, 4) is 0 Å². The normalized spacial score (nSPS) is 10.2. The average molecular weight is 234 g/mol. The van der Waals surface area contributed by atoms with Crippen molar-refractivity contribution in [3.05, 3.63) is 35.6 Å². The average Bonchev–Trinajstić information content (AvgIpc) is 2.73. The number of hydrogen-bond donors (Lipinski definition) is 2. The maximum Gasteiger partial charge on any atom is 0.356 e. The molecule has 0 amide bonds. The molecule has 7 nitrogen and oxygen atoms in total. The van der Waals surface area contributed by atoms with Crippen LogP contribution in [-0.4, -0.2) is 26.2 Å². The third-order valence-corrected chi connectivity index (χ3v) is 1.99. The highest BCUT2D eigenvalue weighted by Gasteiger charge is 2.05. The minimum atomic E-state index is -1.10. The van der Waals surface area contributed by atoms with Crippen LogP contribution in [-0.2, 0) is 6.54 Å². The third-order valence-electron chi connectivity index (χ3n) is 1.99. The van der Waals surface area contributed by atoms with E-state index < -0.39 is 5.97 Å². The van der Waals surface area contributed by atoms with Gasteiger partial charge in [-0.05, 0) is 6.92 Å². The molecule has 17 heavy (non-hydrogen) atoms. The van der Waals surface area contributed by atoms with Crippen LogP contribution in [0.4, 0.5) is 5.82 Å². The first-order valence-electron chi connectivity index (χ1n) is 4.86. The molecule has 0 aliphatic rings. The molecule has 2 rings (SSSR count). The molecule has 2 aromatic rings. The molecule has 7 heteroatoms. The van der Waals surface area contributed by atoms with Crippen molar-refractivity contribution in [2.24, 2.45) is 0 Å². The van der Waals surface area contributed by atoms with Crippen LogP contribution in [0.1, 0.15) is 21.9 Å². The Morgan fingerprint density at radius 1 is 1.47 bits per heavy atom. The number of nitrogens with one attached hydrogen (secondary N) is 1. The minimum absolute atomic E-state index is 0.0916. The lowest BCUT2D eigenvalue weighted by Crippen LogP contribution is -2.05. The summed E-state index contributed by atoms with van der Waals surface area (Å²) in [7, 11) is 0. The Morgan fingerprint density at radius 3 is 2.82 bits per heavy atom. The lowest BCUT2D eigenvalue weighted by Gasteiger charge is -2.01. The van der Waals surface area contributed by atoms with E-state index in [0.29, 0.717) is 18.1 Å². The lowest BCUT2D eigenvalue weighted by atomic mass is 10.4. The van der Waals surface area contributed by atoms with E-state index in [2.05, 4.69) is 20.4 Å². The molecule has 0 aliphatic carbocycles. The van der Waals surface area contributed by atoms with Crippen molar-refractivity contribution in [1.82, 2.24) is 15.1 Å². The molecule has 0 radical (unpaired) electrons. The van der Waals surface area contributed by atoms with Gasteiger partial charge in [0.2, 0.25) is 0 Å². The summed E-state index contributed by atoms with van der Waals surface area (Å²) in [5.74, 6) is 0.0468. The van der Waals surface area contributed by atoms with Crippen LogP contribution < -0.4 is 5.32 Å². The lowest BCUT2D eigenvalue weighted by molar-refractivity contribution is 0.0690. The fraction of sp³-hybridized carbons (Fsp3) is 0.200. The van der Waals surface area contributed by atoms with E-state index in [4.69, 9.17) is 9.63 Å². The Balaban J connectivity index is 1.97. The zero-order valence-electron chi connectivity index (χ0n) is 9.04. The highest BCUT2D eigenvalue weighted by molar-refractivity contribution is 5.84. The fourth-order valence-electron chi connectivity index (χ4n) is 1.21. The van der Waals surface area contributed by atoms with Gasteiger partial charge < -0.3 is 14.9 Å². The topological polar surface area (TPSA) is 101 Å². The number of carboxylic acids is 1. The van der Waals surface area contributed by atoms with Crippen LogP contribution in [0, 0.1) is 6.92 Å². The van der Waals surface area contributed by atoms with E-state index >= 15 is 0 Å². The fourth-order valence-corrected chi connectivity index (χ4v) is 1.21. The quantitative estimate of drug-likeness (QED) is 0.816. The summed E-state index contributed by atoms with van der Waals surface area (Å²) in [5, 5.41) is 15.3. The first-order valence-corrected chi connectivity index (χ1v) is 4.86. The van der Waals surface area contributed by atoms with Gasteiger partial charge in [0.05, 0.1) is 24.6 Å². The van der Waals surface area contributed by atoms with Gasteiger partial charge in [-0.2, -0.15) is 0 Å². The van der Waals surface area contributed by atoms with Gasteiger partial charge in [-0.15, -0.1) is 0 Å². The van der Waals surface area contributed by atoms with Crippen molar-refractivity contribution in [1.29, 1.82) is 0 Å². The van der Waals surface area contributed by atoms with Crippen LogP contribution in [0.15, 0.2) is 23.0 Å². The van der Waals surface area contributed by atoms with Gasteiger partial charge in [-0.1, -0.05) is 5.16 Å². The Hall–Kier alpha value is -2.44. The van der Waals surface area contributed by atoms with Crippen molar-refractivity contribution in [3.63, 3.8) is 0 Å². The summed E-state index contributed by atoms with van der Waals surface area (Å²) < 4.78 is 4.99. The molecule has 0 aliphatic heterocycles. The molecular weight excluding hydrogens is 224 g/mol. The van der Waals surface area contributed by atoms with Gasteiger partial charge in [0.1, 0.15) is 5.82 Å². The SMILES string of the molecule is Cc1cc(CNc2cnc(C(=O)O)cn2)on1. The van der Waals surface area contributed by atoms with Crippen LogP contribution in [0.5, 0.6) is 0 Å². The number of hydrogen-bond acceptors (Lipinski definition) is 6. The highest BCUT2D eigenvalue weighted by Crippen LogP contribution is 2.06. The standard InChI is InChI=1S/C10H10N4O3/c1-6-2-7(17-14-6)3-12-9-5-11-8(4-13-9)10(15)16/h2,4-5H,3H2,1H3,(H,12,13)(H,15,16). The number of carboxylic acid groups (broad SMARTS) is 1. The number of carbonyl (C=O) groups is 1. The third kappa shape index (κ3) is 2.77. The van der Waals surface area contributed by atoms with Crippen LogP contribution in [0.2, 0.25) is 0 Å². The first-order chi connectivity index (χ1) is 8.15. The molecule has 88 valence electrons. The summed E-state index contributed by atoms with van der Waals surface area (Å²) in [6, 6.07) is 1.80. The second-order valence-corrected chi connectivity index (χ2v) is 3.38. The zero-order chi connectivity index (χ0) is 12.3. The summed E-state index contributed by atoms with van der Waals surface area (Å²) >= 11 is 0. The summed E-state index contributed by atoms with van der Waals surface area (Å²) in [5.41, 5.74) is 0.708. The molecule has 0 aromatic carbocycles. The van der Waals surface area contributed by atoms with Crippen LogP contribution >= 0.6 is 0 Å². The van der Waals surface area contributed by atoms with Crippen molar-refractivity contribution < 1.29 is 14.4 Å². The first kappa shape index (κ1) is 11.1. The maximum absolute atomic E-state index is 10.5. The van der Waals surface area contributed by atoms with Crippen molar-refractivity contribution in [2.45, 2.75) is 13.5 Å². The Labute approximate surface area is 96.5 Å². The number of rotatable bonds is 4. The number of aromatic nitrogens is 3. The second kappa shape index (κ2) is 4.60. The molecule has 0 saturated heterocycles. The van der Waals surface area contributed by atoms with Gasteiger partial charge in [0.25, 0.3) is 0 Å². The number of nitrogens with zero attached hydrogens (tertiary/aromatic N) is 3. The van der Waals surface area contributed by atoms with Crippen LogP contribution in [0.3, 0.4) is 0 Å².